The van der Waals surface area contributed by atoms with Crippen LogP contribution >= 0.6 is 0 Å². The number of unbranched alkanes of at least 4 members (excludes halogenated alkanes) is 1. The number of nitrogens with zero attached hydrogens (tertiary/aromatic N) is 1. The summed E-state index contributed by atoms with van der Waals surface area (Å²) in [7, 11) is 2.00. The van der Waals surface area contributed by atoms with Crippen molar-refractivity contribution in [3.63, 3.8) is 0 Å². The van der Waals surface area contributed by atoms with Gasteiger partial charge < -0.3 is 10.3 Å². The first-order valence-electron chi connectivity index (χ1n) is 5.47. The molecule has 15 heavy (non-hydrogen) atoms. The molecule has 2 N–H and O–H groups in total. The van der Waals surface area contributed by atoms with Gasteiger partial charge in [0.05, 0.1) is 0 Å². The van der Waals surface area contributed by atoms with Crippen LogP contribution in [-0.4, -0.2) is 23.6 Å². The Morgan fingerprint density at radius 2 is 2.33 bits per heavy atom. The number of hydrogen-bond donors (Lipinski definition) is 2. The first kappa shape index (κ1) is 10.2. The highest BCUT2D eigenvalue weighted by molar-refractivity contribution is 5.79. The second kappa shape index (κ2) is 4.94. The Bertz CT molecular complexity index is 419. The van der Waals surface area contributed by atoms with Gasteiger partial charge in [0.25, 0.3) is 0 Å². The van der Waals surface area contributed by atoms with E-state index in [0.717, 1.165) is 18.6 Å². The largest absolute Gasteiger partial charge is 0.346 e. The molecule has 0 radical (unpaired) electrons. The van der Waals surface area contributed by atoms with Gasteiger partial charge in [0.2, 0.25) is 0 Å². The molecular formula is C12H17N3. The van der Waals surface area contributed by atoms with Gasteiger partial charge in [-0.3, -0.25) is 0 Å². The monoisotopic (exact) mass is 203 g/mol. The summed E-state index contributed by atoms with van der Waals surface area (Å²) in [6, 6.07) is 4.12. The summed E-state index contributed by atoms with van der Waals surface area (Å²) in [6.07, 6.45) is 7.49. The maximum absolute atomic E-state index is 4.28. The van der Waals surface area contributed by atoms with Gasteiger partial charge in [-0.15, -0.1) is 0 Å². The number of aromatic amines is 1. The summed E-state index contributed by atoms with van der Waals surface area (Å²) < 4.78 is 0. The zero-order valence-corrected chi connectivity index (χ0v) is 9.09. The molecule has 0 aliphatic carbocycles. The van der Waals surface area contributed by atoms with E-state index in [0.29, 0.717) is 0 Å². The zero-order chi connectivity index (χ0) is 10.5. The molecule has 0 aliphatic rings. The number of H-pyrrole nitrogens is 1. The fraction of sp³-hybridized carbons (Fsp3) is 0.417. The summed E-state index contributed by atoms with van der Waals surface area (Å²) in [6.45, 7) is 1.10. The predicted molar refractivity (Wildman–Crippen MR) is 63.0 cm³/mol. The fourth-order valence-electron chi connectivity index (χ4n) is 1.84. The lowest BCUT2D eigenvalue weighted by atomic mass is 10.1. The summed E-state index contributed by atoms with van der Waals surface area (Å²) in [5.74, 6) is 0. The van der Waals surface area contributed by atoms with Crippen molar-refractivity contribution in [1.82, 2.24) is 15.3 Å². The van der Waals surface area contributed by atoms with E-state index in [1.54, 1.807) is 0 Å². The molecule has 0 spiro atoms. The van der Waals surface area contributed by atoms with Gasteiger partial charge in [0.15, 0.2) is 0 Å². The zero-order valence-electron chi connectivity index (χ0n) is 9.09. The number of pyridine rings is 1. The minimum absolute atomic E-state index is 1.00. The Balaban J connectivity index is 2.02. The van der Waals surface area contributed by atoms with Crippen molar-refractivity contribution in [2.75, 3.05) is 13.6 Å². The third-order valence-corrected chi connectivity index (χ3v) is 2.66. The predicted octanol–water partition coefficient (Wildman–Crippen LogP) is 2.10. The van der Waals surface area contributed by atoms with E-state index in [9.17, 15) is 0 Å². The Hall–Kier alpha value is -1.35. The van der Waals surface area contributed by atoms with Gasteiger partial charge in [0.1, 0.15) is 5.65 Å². The van der Waals surface area contributed by atoms with Crippen LogP contribution in [0.2, 0.25) is 0 Å². The van der Waals surface area contributed by atoms with Crippen LogP contribution in [0.1, 0.15) is 18.4 Å². The lowest BCUT2D eigenvalue weighted by molar-refractivity contribution is 0.678. The summed E-state index contributed by atoms with van der Waals surface area (Å²) in [5, 5.41) is 4.43. The summed E-state index contributed by atoms with van der Waals surface area (Å²) in [5.41, 5.74) is 2.38. The van der Waals surface area contributed by atoms with Crippen LogP contribution in [0.3, 0.4) is 0 Å². The number of fused-ring (bicyclic) bond motifs is 1. The maximum atomic E-state index is 4.28. The average molecular weight is 203 g/mol. The molecule has 2 aromatic heterocycles. The van der Waals surface area contributed by atoms with Crippen molar-refractivity contribution < 1.29 is 0 Å². The number of aryl methyl sites for hydroxylation is 1. The normalized spacial score (nSPS) is 11.0. The van der Waals surface area contributed by atoms with Crippen LogP contribution in [0.25, 0.3) is 11.0 Å². The van der Waals surface area contributed by atoms with Gasteiger partial charge in [-0.05, 0) is 50.6 Å². The molecule has 2 aromatic rings. The highest BCUT2D eigenvalue weighted by Gasteiger charge is 2.02. The molecule has 0 aromatic carbocycles. The minimum atomic E-state index is 1.00. The fourth-order valence-corrected chi connectivity index (χ4v) is 1.84. The highest BCUT2D eigenvalue weighted by Crippen LogP contribution is 2.17. The molecule has 0 fully saturated rings. The van der Waals surface area contributed by atoms with Gasteiger partial charge >= 0.3 is 0 Å². The van der Waals surface area contributed by atoms with Crippen molar-refractivity contribution in [1.29, 1.82) is 0 Å². The molecule has 0 atom stereocenters. The summed E-state index contributed by atoms with van der Waals surface area (Å²) in [4.78, 5) is 7.48. The van der Waals surface area contributed by atoms with E-state index in [4.69, 9.17) is 0 Å². The third kappa shape index (κ3) is 2.36. The van der Waals surface area contributed by atoms with Crippen molar-refractivity contribution in [2.24, 2.45) is 0 Å². The number of nitrogens with one attached hydrogen (secondary N) is 2. The quantitative estimate of drug-likeness (QED) is 0.731. The van der Waals surface area contributed by atoms with Crippen molar-refractivity contribution in [3.05, 3.63) is 30.1 Å². The van der Waals surface area contributed by atoms with Gasteiger partial charge in [-0.25, -0.2) is 4.98 Å². The Kier molecular flexibility index (Phi) is 3.35. The Morgan fingerprint density at radius 1 is 1.40 bits per heavy atom. The SMILES string of the molecule is CNCCCCc1c[nH]c2ncccc12. The van der Waals surface area contributed by atoms with Crippen molar-refractivity contribution in [2.45, 2.75) is 19.3 Å². The van der Waals surface area contributed by atoms with Crippen LogP contribution in [-0.2, 0) is 6.42 Å². The number of aromatic nitrogens is 2. The molecule has 3 heteroatoms. The molecule has 3 nitrogen and oxygen atoms in total. The molecule has 80 valence electrons. The van der Waals surface area contributed by atoms with Crippen LogP contribution in [0.5, 0.6) is 0 Å². The third-order valence-electron chi connectivity index (χ3n) is 2.66. The van der Waals surface area contributed by atoms with E-state index in [1.807, 2.05) is 19.3 Å². The second-order valence-corrected chi connectivity index (χ2v) is 3.77. The molecule has 2 heterocycles. The maximum Gasteiger partial charge on any atom is 0.137 e. The van der Waals surface area contributed by atoms with E-state index in [-0.39, 0.29) is 0 Å². The van der Waals surface area contributed by atoms with Crippen LogP contribution in [0.4, 0.5) is 0 Å². The van der Waals surface area contributed by atoms with Crippen LogP contribution in [0.15, 0.2) is 24.5 Å². The van der Waals surface area contributed by atoms with Gasteiger partial charge in [-0.1, -0.05) is 0 Å². The Labute approximate surface area is 89.9 Å². The van der Waals surface area contributed by atoms with E-state index >= 15 is 0 Å². The summed E-state index contributed by atoms with van der Waals surface area (Å²) >= 11 is 0. The number of rotatable bonds is 5. The molecule has 0 unspecified atom stereocenters. The minimum Gasteiger partial charge on any atom is -0.346 e. The molecule has 0 saturated carbocycles. The van der Waals surface area contributed by atoms with Gasteiger partial charge in [0, 0.05) is 17.8 Å². The van der Waals surface area contributed by atoms with Crippen molar-refractivity contribution >= 4 is 11.0 Å². The lowest BCUT2D eigenvalue weighted by Crippen LogP contribution is -2.07. The smallest absolute Gasteiger partial charge is 0.137 e. The average Bonchev–Trinajstić information content (AvgIpc) is 2.68. The highest BCUT2D eigenvalue weighted by atomic mass is 14.8. The van der Waals surface area contributed by atoms with Crippen molar-refractivity contribution in [3.8, 4) is 0 Å². The number of hydrogen-bond acceptors (Lipinski definition) is 2. The standard InChI is InChI=1S/C12H17N3/c1-13-7-3-2-5-10-9-15-12-11(10)6-4-8-14-12/h4,6,8-9,13H,2-3,5,7H2,1H3,(H,14,15). The first-order valence-corrected chi connectivity index (χ1v) is 5.47. The molecule has 0 bridgehead atoms. The van der Waals surface area contributed by atoms with E-state index in [2.05, 4.69) is 27.5 Å². The molecule has 0 amide bonds. The molecule has 2 rings (SSSR count). The van der Waals surface area contributed by atoms with Gasteiger partial charge in [-0.2, -0.15) is 0 Å². The molecule has 0 saturated heterocycles. The van der Waals surface area contributed by atoms with Crippen LogP contribution < -0.4 is 5.32 Å². The van der Waals surface area contributed by atoms with Crippen LogP contribution in [0, 0.1) is 0 Å². The first-order chi connectivity index (χ1) is 7.42. The van der Waals surface area contributed by atoms with E-state index < -0.39 is 0 Å². The second-order valence-electron chi connectivity index (χ2n) is 3.77. The topological polar surface area (TPSA) is 40.7 Å². The lowest BCUT2D eigenvalue weighted by Gasteiger charge is -1.99. The molecular weight excluding hydrogens is 186 g/mol. The molecule has 0 aliphatic heterocycles. The Morgan fingerprint density at radius 3 is 3.20 bits per heavy atom. The van der Waals surface area contributed by atoms with E-state index in [1.165, 1.54) is 23.8 Å².